The van der Waals surface area contributed by atoms with Crippen LogP contribution >= 0.6 is 27.5 Å². The van der Waals surface area contributed by atoms with Crippen LogP contribution in [-0.4, -0.2) is 39.0 Å². The number of aromatic nitrogens is 2. The van der Waals surface area contributed by atoms with Crippen LogP contribution in [0.1, 0.15) is 20.8 Å². The van der Waals surface area contributed by atoms with Crippen molar-refractivity contribution < 1.29 is 19.5 Å². The molecule has 0 saturated carbocycles. The molecule has 0 aliphatic heterocycles. The second-order valence-electron chi connectivity index (χ2n) is 4.38. The highest BCUT2D eigenvalue weighted by atomic mass is 79.9. The number of H-pyrrole nitrogens is 1. The molecular weight excluding hydrogens is 392 g/mol. The number of rotatable bonds is 5. The van der Waals surface area contributed by atoms with Gasteiger partial charge in [0.15, 0.2) is 11.9 Å². The lowest BCUT2D eigenvalue weighted by molar-refractivity contribution is -0.137. The van der Waals surface area contributed by atoms with E-state index in [1.807, 2.05) is 0 Å². The monoisotopic (exact) mass is 400 g/mol. The number of nitrogens with two attached hydrogens (primary N) is 1. The number of aromatic amines is 1. The van der Waals surface area contributed by atoms with Crippen molar-refractivity contribution in [2.45, 2.75) is 6.04 Å². The molecule has 0 saturated heterocycles. The smallest absolute Gasteiger partial charge is 0.328 e. The Morgan fingerprint density at radius 2 is 2.00 bits per heavy atom. The molecular formula is C13H10BrClN4O4. The van der Waals surface area contributed by atoms with Crippen molar-refractivity contribution in [3.8, 4) is 0 Å². The number of hydrogen-bond donors (Lipinski definition) is 4. The van der Waals surface area contributed by atoms with Gasteiger partial charge in [0, 0.05) is 0 Å². The number of carbonyl (C=O) groups excluding carboxylic acids is 2. The van der Waals surface area contributed by atoms with Crippen molar-refractivity contribution >= 4 is 51.0 Å². The first kappa shape index (κ1) is 17.1. The van der Waals surface area contributed by atoms with Crippen LogP contribution in [0.4, 0.5) is 5.82 Å². The summed E-state index contributed by atoms with van der Waals surface area (Å²) >= 11 is 9.00. The van der Waals surface area contributed by atoms with Crippen LogP contribution in [0.5, 0.6) is 0 Å². The summed E-state index contributed by atoms with van der Waals surface area (Å²) < 4.78 is 0.0969. The van der Waals surface area contributed by atoms with Crippen LogP contribution in [0.2, 0.25) is 5.02 Å². The number of carboxylic acids is 1. The fourth-order valence-corrected chi connectivity index (χ4v) is 2.36. The van der Waals surface area contributed by atoms with Gasteiger partial charge in [-0.25, -0.2) is 0 Å². The molecule has 1 unspecified atom stereocenters. The standard InChI is InChI=1S/C13H10BrClN4O4/c14-7-9(10(20)8(16)13(22)23)18-19-11(7)17-12(21)5-3-1-2-4-6(5)15/h1-4,8H,16H2,(H,22,23)(H2,17,18,19,21). The summed E-state index contributed by atoms with van der Waals surface area (Å²) in [4.78, 5) is 34.8. The summed E-state index contributed by atoms with van der Waals surface area (Å²) in [5.74, 6) is -2.88. The predicted octanol–water partition coefficient (Wildman–Crippen LogP) is 1.67. The largest absolute Gasteiger partial charge is 0.480 e. The van der Waals surface area contributed by atoms with E-state index in [1.165, 1.54) is 6.07 Å². The number of nitrogens with zero attached hydrogens (tertiary/aromatic N) is 1. The quantitative estimate of drug-likeness (QED) is 0.444. The normalized spacial score (nSPS) is 11.8. The first-order chi connectivity index (χ1) is 10.8. The van der Waals surface area contributed by atoms with Gasteiger partial charge >= 0.3 is 5.97 Å². The van der Waals surface area contributed by atoms with E-state index in [2.05, 4.69) is 31.4 Å². The summed E-state index contributed by atoms with van der Waals surface area (Å²) in [7, 11) is 0. The van der Waals surface area contributed by atoms with E-state index in [9.17, 15) is 14.4 Å². The number of aliphatic carboxylic acids is 1. The predicted molar refractivity (Wildman–Crippen MR) is 85.6 cm³/mol. The molecule has 10 heteroatoms. The molecule has 1 aromatic heterocycles. The average Bonchev–Trinajstić information content (AvgIpc) is 2.87. The minimum atomic E-state index is -1.74. The van der Waals surface area contributed by atoms with E-state index in [-0.39, 0.29) is 26.6 Å². The number of halogens is 2. The van der Waals surface area contributed by atoms with Crippen LogP contribution in [0.3, 0.4) is 0 Å². The second-order valence-corrected chi connectivity index (χ2v) is 5.58. The first-order valence-electron chi connectivity index (χ1n) is 6.15. The Morgan fingerprint density at radius 3 is 2.61 bits per heavy atom. The molecule has 0 radical (unpaired) electrons. The third-order valence-electron chi connectivity index (χ3n) is 2.85. The molecule has 1 amide bonds. The van der Waals surface area contributed by atoms with Crippen LogP contribution < -0.4 is 11.1 Å². The van der Waals surface area contributed by atoms with Gasteiger partial charge in [0.05, 0.1) is 15.1 Å². The number of anilines is 1. The lowest BCUT2D eigenvalue weighted by atomic mass is 10.1. The van der Waals surface area contributed by atoms with Gasteiger partial charge in [-0.05, 0) is 28.1 Å². The number of hydrogen-bond acceptors (Lipinski definition) is 5. The van der Waals surface area contributed by atoms with Crippen molar-refractivity contribution in [1.29, 1.82) is 0 Å². The molecule has 0 spiro atoms. The van der Waals surface area contributed by atoms with Crippen molar-refractivity contribution in [1.82, 2.24) is 10.2 Å². The molecule has 5 N–H and O–H groups in total. The zero-order valence-electron chi connectivity index (χ0n) is 11.3. The molecule has 0 aliphatic rings. The van der Waals surface area contributed by atoms with Gasteiger partial charge in [-0.15, -0.1) is 0 Å². The lowest BCUT2D eigenvalue weighted by Crippen LogP contribution is -2.38. The summed E-state index contributed by atoms with van der Waals surface area (Å²) in [6.45, 7) is 0. The van der Waals surface area contributed by atoms with Gasteiger partial charge in [0.1, 0.15) is 5.69 Å². The van der Waals surface area contributed by atoms with E-state index in [0.717, 1.165) is 0 Å². The highest BCUT2D eigenvalue weighted by molar-refractivity contribution is 9.10. The Kier molecular flexibility index (Phi) is 5.14. The average molecular weight is 402 g/mol. The molecule has 1 heterocycles. The summed E-state index contributed by atoms with van der Waals surface area (Å²) in [5, 5.41) is 17.6. The highest BCUT2D eigenvalue weighted by Crippen LogP contribution is 2.26. The van der Waals surface area contributed by atoms with Crippen molar-refractivity contribution in [3.63, 3.8) is 0 Å². The number of amides is 1. The maximum atomic E-state index is 12.1. The van der Waals surface area contributed by atoms with Gasteiger partial charge in [-0.1, -0.05) is 23.7 Å². The van der Waals surface area contributed by atoms with E-state index in [0.29, 0.717) is 0 Å². The summed E-state index contributed by atoms with van der Waals surface area (Å²) in [5.41, 5.74) is 5.32. The van der Waals surface area contributed by atoms with Crippen LogP contribution in [0, 0.1) is 0 Å². The SMILES string of the molecule is NC(C(=O)O)C(=O)c1[nH]nc(NC(=O)c2ccccc2Cl)c1Br. The van der Waals surface area contributed by atoms with Gasteiger partial charge in [-0.3, -0.25) is 19.5 Å². The van der Waals surface area contributed by atoms with E-state index >= 15 is 0 Å². The van der Waals surface area contributed by atoms with E-state index in [4.69, 9.17) is 22.4 Å². The fraction of sp³-hybridized carbons (Fsp3) is 0.0769. The van der Waals surface area contributed by atoms with Gasteiger partial charge in [0.2, 0.25) is 5.78 Å². The van der Waals surface area contributed by atoms with Gasteiger partial charge in [-0.2, -0.15) is 5.10 Å². The number of nitrogens with one attached hydrogen (secondary N) is 2. The van der Waals surface area contributed by atoms with Crippen LogP contribution in [0.25, 0.3) is 0 Å². The number of ketones is 1. The zero-order chi connectivity index (χ0) is 17.1. The second kappa shape index (κ2) is 6.90. The molecule has 120 valence electrons. The topological polar surface area (TPSA) is 138 Å². The Morgan fingerprint density at radius 1 is 1.35 bits per heavy atom. The minimum Gasteiger partial charge on any atom is -0.480 e. The molecule has 8 nitrogen and oxygen atoms in total. The molecule has 0 fully saturated rings. The van der Waals surface area contributed by atoms with Crippen molar-refractivity contribution in [2.75, 3.05) is 5.32 Å². The summed E-state index contributed by atoms with van der Waals surface area (Å²) in [6.07, 6.45) is 0. The molecule has 0 aliphatic carbocycles. The first-order valence-corrected chi connectivity index (χ1v) is 7.32. The third kappa shape index (κ3) is 3.58. The van der Waals surface area contributed by atoms with Crippen molar-refractivity contribution in [3.05, 3.63) is 45.0 Å². The number of benzene rings is 1. The van der Waals surface area contributed by atoms with Crippen LogP contribution in [0.15, 0.2) is 28.7 Å². The maximum absolute atomic E-state index is 12.1. The maximum Gasteiger partial charge on any atom is 0.328 e. The van der Waals surface area contributed by atoms with Crippen molar-refractivity contribution in [2.24, 2.45) is 5.73 Å². The molecule has 1 aromatic carbocycles. The summed E-state index contributed by atoms with van der Waals surface area (Å²) in [6, 6.07) is 4.65. The fourth-order valence-electron chi connectivity index (χ4n) is 1.66. The zero-order valence-corrected chi connectivity index (χ0v) is 13.7. The molecule has 0 bridgehead atoms. The number of Topliss-reactive ketones (excluding diaryl/α,β-unsaturated/α-hetero) is 1. The van der Waals surface area contributed by atoms with E-state index in [1.54, 1.807) is 18.2 Å². The molecule has 2 aromatic rings. The Balaban J connectivity index is 2.23. The Labute approximate surface area is 143 Å². The Bertz CT molecular complexity index is 792. The van der Waals surface area contributed by atoms with Gasteiger partial charge in [0.25, 0.3) is 5.91 Å². The lowest BCUT2D eigenvalue weighted by Gasteiger charge is -2.05. The van der Waals surface area contributed by atoms with Crippen LogP contribution in [-0.2, 0) is 4.79 Å². The molecule has 23 heavy (non-hydrogen) atoms. The van der Waals surface area contributed by atoms with Gasteiger partial charge < -0.3 is 16.2 Å². The Hall–Kier alpha value is -2.23. The third-order valence-corrected chi connectivity index (χ3v) is 3.95. The minimum absolute atomic E-state index is 0.0101. The van der Waals surface area contributed by atoms with E-state index < -0.39 is 23.7 Å². The molecule has 2 rings (SSSR count). The number of carboxylic acid groups (broad SMARTS) is 1. The molecule has 1 atom stereocenters. The number of carbonyl (C=O) groups is 3. The highest BCUT2D eigenvalue weighted by Gasteiger charge is 2.28.